The molecule has 0 aliphatic heterocycles. The molecule has 0 unspecified atom stereocenters. The third-order valence-corrected chi connectivity index (χ3v) is 2.79. The van der Waals surface area contributed by atoms with Gasteiger partial charge in [0.1, 0.15) is 11.6 Å². The second-order valence-corrected chi connectivity index (χ2v) is 4.85. The average Bonchev–Trinajstić information content (AvgIpc) is 2.11. The molecule has 0 spiro atoms. The quantitative estimate of drug-likeness (QED) is 0.837. The van der Waals surface area contributed by atoms with Gasteiger partial charge in [0.05, 0.1) is 4.47 Å². The molecule has 4 heteroatoms. The van der Waals surface area contributed by atoms with Crippen LogP contribution in [0, 0.1) is 17.6 Å². The van der Waals surface area contributed by atoms with E-state index >= 15 is 0 Å². The van der Waals surface area contributed by atoms with E-state index < -0.39 is 17.7 Å². The van der Waals surface area contributed by atoms with Gasteiger partial charge in [-0.15, -0.1) is 0 Å². The van der Waals surface area contributed by atoms with Gasteiger partial charge in [0, 0.05) is 11.6 Å². The molecular formula is C11H14BrF2N. The summed E-state index contributed by atoms with van der Waals surface area (Å²) in [4.78, 5) is 0. The Hall–Kier alpha value is -0.480. The average molecular weight is 278 g/mol. The van der Waals surface area contributed by atoms with Crippen molar-refractivity contribution in [2.45, 2.75) is 26.3 Å². The van der Waals surface area contributed by atoms with Crippen molar-refractivity contribution in [3.8, 4) is 0 Å². The van der Waals surface area contributed by atoms with Crippen LogP contribution in [0.25, 0.3) is 0 Å². The van der Waals surface area contributed by atoms with Gasteiger partial charge in [-0.2, -0.15) is 0 Å². The van der Waals surface area contributed by atoms with E-state index in [-0.39, 0.29) is 10.0 Å². The molecule has 0 amide bonds. The van der Waals surface area contributed by atoms with Crippen LogP contribution < -0.4 is 5.73 Å². The highest BCUT2D eigenvalue weighted by atomic mass is 79.9. The molecule has 1 aromatic rings. The standard InChI is InChI=1S/C11H14BrF2N/c1-6(2)5-9(15)10-8(13)4-3-7(12)11(10)14/h3-4,6,9H,5,15H2,1-2H3/t9-/m1/s1. The van der Waals surface area contributed by atoms with Crippen molar-refractivity contribution in [1.29, 1.82) is 0 Å². The molecule has 84 valence electrons. The molecule has 0 radical (unpaired) electrons. The Bertz CT molecular complexity index is 353. The van der Waals surface area contributed by atoms with E-state index in [4.69, 9.17) is 5.73 Å². The normalized spacial score (nSPS) is 13.3. The lowest BCUT2D eigenvalue weighted by Gasteiger charge is -2.16. The summed E-state index contributed by atoms with van der Waals surface area (Å²) < 4.78 is 27.2. The zero-order valence-corrected chi connectivity index (χ0v) is 10.3. The van der Waals surface area contributed by atoms with E-state index in [9.17, 15) is 8.78 Å². The van der Waals surface area contributed by atoms with Crippen LogP contribution in [-0.2, 0) is 0 Å². The molecule has 0 aromatic heterocycles. The van der Waals surface area contributed by atoms with Gasteiger partial charge >= 0.3 is 0 Å². The van der Waals surface area contributed by atoms with Crippen LogP contribution in [0.4, 0.5) is 8.78 Å². The van der Waals surface area contributed by atoms with Crippen molar-refractivity contribution in [3.05, 3.63) is 33.8 Å². The lowest BCUT2D eigenvalue weighted by molar-refractivity contribution is 0.462. The largest absolute Gasteiger partial charge is 0.324 e. The first-order chi connectivity index (χ1) is 6.93. The molecule has 0 bridgehead atoms. The molecule has 0 saturated carbocycles. The molecule has 1 atom stereocenters. The number of benzene rings is 1. The van der Waals surface area contributed by atoms with E-state index in [2.05, 4.69) is 15.9 Å². The molecular weight excluding hydrogens is 264 g/mol. The highest BCUT2D eigenvalue weighted by Crippen LogP contribution is 2.28. The highest BCUT2D eigenvalue weighted by molar-refractivity contribution is 9.10. The van der Waals surface area contributed by atoms with Crippen LogP contribution in [0.2, 0.25) is 0 Å². The zero-order valence-electron chi connectivity index (χ0n) is 8.73. The minimum atomic E-state index is -0.595. The van der Waals surface area contributed by atoms with E-state index in [1.807, 2.05) is 13.8 Å². The molecule has 1 nitrogen and oxygen atoms in total. The topological polar surface area (TPSA) is 26.0 Å². The number of hydrogen-bond acceptors (Lipinski definition) is 1. The molecule has 1 rings (SSSR count). The predicted octanol–water partition coefficient (Wildman–Crippen LogP) is 3.77. The molecule has 0 heterocycles. The third kappa shape index (κ3) is 2.98. The third-order valence-electron chi connectivity index (χ3n) is 2.18. The lowest BCUT2D eigenvalue weighted by atomic mass is 9.97. The monoisotopic (exact) mass is 277 g/mol. The van der Waals surface area contributed by atoms with Crippen molar-refractivity contribution in [1.82, 2.24) is 0 Å². The van der Waals surface area contributed by atoms with Crippen LogP contribution in [0.15, 0.2) is 16.6 Å². The Labute approximate surface area is 96.8 Å². The van der Waals surface area contributed by atoms with Crippen LogP contribution in [0.1, 0.15) is 31.9 Å². The smallest absolute Gasteiger partial charge is 0.145 e. The molecule has 2 N–H and O–H groups in total. The van der Waals surface area contributed by atoms with E-state index in [1.54, 1.807) is 0 Å². The van der Waals surface area contributed by atoms with Crippen molar-refractivity contribution >= 4 is 15.9 Å². The molecule has 0 aliphatic rings. The summed E-state index contributed by atoms with van der Waals surface area (Å²) in [6.07, 6.45) is 0.560. The van der Waals surface area contributed by atoms with Gasteiger partial charge in [-0.1, -0.05) is 13.8 Å². The summed E-state index contributed by atoms with van der Waals surface area (Å²) in [5.74, 6) is -0.871. The fourth-order valence-corrected chi connectivity index (χ4v) is 1.85. The van der Waals surface area contributed by atoms with Crippen molar-refractivity contribution < 1.29 is 8.78 Å². The second-order valence-electron chi connectivity index (χ2n) is 3.99. The maximum absolute atomic E-state index is 13.6. The number of nitrogens with two attached hydrogens (primary N) is 1. The predicted molar refractivity (Wildman–Crippen MR) is 60.4 cm³/mol. The van der Waals surface area contributed by atoms with Crippen molar-refractivity contribution in [3.63, 3.8) is 0 Å². The van der Waals surface area contributed by atoms with E-state index in [0.717, 1.165) is 0 Å². The Morgan fingerprint density at radius 3 is 2.47 bits per heavy atom. The molecule has 0 fully saturated rings. The zero-order chi connectivity index (χ0) is 11.6. The molecule has 0 aliphatic carbocycles. The van der Waals surface area contributed by atoms with E-state index in [1.165, 1.54) is 12.1 Å². The summed E-state index contributed by atoms with van der Waals surface area (Å²) in [5, 5.41) is 0. The first kappa shape index (κ1) is 12.6. The van der Waals surface area contributed by atoms with Gasteiger partial charge in [0.25, 0.3) is 0 Å². The van der Waals surface area contributed by atoms with Gasteiger partial charge in [-0.3, -0.25) is 0 Å². The fraction of sp³-hybridized carbons (Fsp3) is 0.455. The summed E-state index contributed by atoms with van der Waals surface area (Å²) in [6.45, 7) is 3.93. The van der Waals surface area contributed by atoms with Crippen LogP contribution in [-0.4, -0.2) is 0 Å². The van der Waals surface area contributed by atoms with Gasteiger partial charge in [-0.25, -0.2) is 8.78 Å². The van der Waals surface area contributed by atoms with Gasteiger partial charge in [0.15, 0.2) is 0 Å². The summed E-state index contributed by atoms with van der Waals surface area (Å²) in [7, 11) is 0. The van der Waals surface area contributed by atoms with Crippen molar-refractivity contribution in [2.24, 2.45) is 11.7 Å². The number of halogens is 3. The Kier molecular flexibility index (Phi) is 4.22. The SMILES string of the molecule is CC(C)C[C@@H](N)c1c(F)ccc(Br)c1F. The van der Waals surface area contributed by atoms with Gasteiger partial charge < -0.3 is 5.73 Å². The Morgan fingerprint density at radius 2 is 1.93 bits per heavy atom. The summed E-state index contributed by atoms with van der Waals surface area (Å²) >= 11 is 3.02. The summed E-state index contributed by atoms with van der Waals surface area (Å²) in [6, 6.07) is 1.97. The maximum atomic E-state index is 13.6. The number of hydrogen-bond donors (Lipinski definition) is 1. The summed E-state index contributed by atoms with van der Waals surface area (Å²) in [5.41, 5.74) is 5.74. The van der Waals surface area contributed by atoms with E-state index in [0.29, 0.717) is 12.3 Å². The van der Waals surface area contributed by atoms with Gasteiger partial charge in [0.2, 0.25) is 0 Å². The van der Waals surface area contributed by atoms with Crippen LogP contribution >= 0.6 is 15.9 Å². The first-order valence-electron chi connectivity index (χ1n) is 4.82. The van der Waals surface area contributed by atoms with Crippen molar-refractivity contribution in [2.75, 3.05) is 0 Å². The number of rotatable bonds is 3. The van der Waals surface area contributed by atoms with Crippen LogP contribution in [0.5, 0.6) is 0 Å². The maximum Gasteiger partial charge on any atom is 0.145 e. The minimum absolute atomic E-state index is 0.0296. The van der Waals surface area contributed by atoms with Gasteiger partial charge in [-0.05, 0) is 40.4 Å². The molecule has 15 heavy (non-hydrogen) atoms. The second kappa shape index (κ2) is 5.03. The molecule has 1 aromatic carbocycles. The highest BCUT2D eigenvalue weighted by Gasteiger charge is 2.19. The van der Waals surface area contributed by atoms with Crippen LogP contribution in [0.3, 0.4) is 0 Å². The molecule has 0 saturated heterocycles. The lowest BCUT2D eigenvalue weighted by Crippen LogP contribution is -2.16. The first-order valence-corrected chi connectivity index (χ1v) is 5.61. The Balaban J connectivity index is 3.07. The Morgan fingerprint density at radius 1 is 1.33 bits per heavy atom. The fourth-order valence-electron chi connectivity index (χ4n) is 1.51. The minimum Gasteiger partial charge on any atom is -0.324 e.